The van der Waals surface area contributed by atoms with Gasteiger partial charge in [0.05, 0.1) is 16.8 Å². The molecule has 9 heteroatoms. The molecule has 38 heavy (non-hydrogen) atoms. The van der Waals surface area contributed by atoms with Crippen molar-refractivity contribution in [1.82, 2.24) is 5.43 Å². The van der Waals surface area contributed by atoms with Crippen LogP contribution in [-0.2, 0) is 21.4 Å². The van der Waals surface area contributed by atoms with Crippen LogP contribution in [0.1, 0.15) is 16.7 Å². The first-order chi connectivity index (χ1) is 18.3. The highest BCUT2D eigenvalue weighted by atomic mass is 35.5. The van der Waals surface area contributed by atoms with Gasteiger partial charge in [0.1, 0.15) is 18.9 Å². The van der Waals surface area contributed by atoms with Gasteiger partial charge in [0, 0.05) is 5.02 Å². The first kappa shape index (κ1) is 26.9. The fraction of sp³-hybridized carbons (Fsp3) is 0.103. The molecule has 0 radical (unpaired) electrons. The molecule has 0 aliphatic heterocycles. The first-order valence-electron chi connectivity index (χ1n) is 11.7. The minimum atomic E-state index is -3.97. The Morgan fingerprint density at radius 1 is 0.947 bits per heavy atom. The number of hydrogen-bond donors (Lipinski definition) is 1. The van der Waals surface area contributed by atoms with E-state index in [1.54, 1.807) is 72.8 Å². The molecule has 4 aromatic carbocycles. The molecular formula is C29H26ClN3O4S. The summed E-state index contributed by atoms with van der Waals surface area (Å²) in [4.78, 5) is 12.8. The molecule has 4 aromatic rings. The van der Waals surface area contributed by atoms with E-state index in [1.165, 1.54) is 18.3 Å². The summed E-state index contributed by atoms with van der Waals surface area (Å²) in [6.45, 7) is 1.85. The molecule has 7 nitrogen and oxygen atoms in total. The van der Waals surface area contributed by atoms with E-state index in [1.807, 2.05) is 25.1 Å². The zero-order chi connectivity index (χ0) is 27.0. The fourth-order valence-corrected chi connectivity index (χ4v) is 5.19. The van der Waals surface area contributed by atoms with Crippen molar-refractivity contribution in [2.24, 2.45) is 5.10 Å². The van der Waals surface area contributed by atoms with Crippen molar-refractivity contribution < 1.29 is 17.9 Å². The molecule has 4 rings (SSSR count). The summed E-state index contributed by atoms with van der Waals surface area (Å²) >= 11 is 6.00. The second-order valence-electron chi connectivity index (χ2n) is 8.44. The van der Waals surface area contributed by atoms with E-state index in [2.05, 4.69) is 10.5 Å². The lowest BCUT2D eigenvalue weighted by Gasteiger charge is -2.23. The Labute approximate surface area is 227 Å². The van der Waals surface area contributed by atoms with Crippen LogP contribution in [0.15, 0.2) is 113 Å². The standard InChI is InChI=1S/C29H26ClN3O4S/c1-22-10-14-26(15-11-22)33(38(35,36)28-8-3-2-4-9-28)20-29(34)32-31-19-23-12-16-27(17-13-23)37-21-24-6-5-7-25(30)18-24/h2-19H,20-21H2,1H3,(H,32,34)/b31-19-. The number of carbonyl (C=O) groups is 1. The molecule has 0 saturated carbocycles. The number of anilines is 1. The summed E-state index contributed by atoms with van der Waals surface area (Å²) in [6.07, 6.45) is 1.47. The van der Waals surface area contributed by atoms with Gasteiger partial charge in [-0.2, -0.15) is 5.10 Å². The van der Waals surface area contributed by atoms with E-state index >= 15 is 0 Å². The van der Waals surface area contributed by atoms with Crippen molar-refractivity contribution in [1.29, 1.82) is 0 Å². The normalized spacial score (nSPS) is 11.3. The van der Waals surface area contributed by atoms with Gasteiger partial charge in [0.15, 0.2) is 0 Å². The maximum Gasteiger partial charge on any atom is 0.264 e. The van der Waals surface area contributed by atoms with Gasteiger partial charge in [-0.25, -0.2) is 13.8 Å². The maximum atomic E-state index is 13.3. The van der Waals surface area contributed by atoms with Crippen LogP contribution >= 0.6 is 11.6 Å². The number of amides is 1. The molecule has 0 aromatic heterocycles. The highest BCUT2D eigenvalue weighted by molar-refractivity contribution is 7.92. The summed E-state index contributed by atoms with van der Waals surface area (Å²) in [5, 5.41) is 4.64. The summed E-state index contributed by atoms with van der Waals surface area (Å²) in [5.74, 6) is 0.0915. The van der Waals surface area contributed by atoms with Gasteiger partial charge in [0.25, 0.3) is 15.9 Å². The van der Waals surface area contributed by atoms with Crippen LogP contribution in [0.5, 0.6) is 5.75 Å². The Bertz CT molecular complexity index is 1510. The van der Waals surface area contributed by atoms with E-state index < -0.39 is 22.5 Å². The minimum Gasteiger partial charge on any atom is -0.489 e. The van der Waals surface area contributed by atoms with Crippen LogP contribution in [0.4, 0.5) is 5.69 Å². The number of benzene rings is 4. The number of nitrogens with one attached hydrogen (secondary N) is 1. The van der Waals surface area contributed by atoms with E-state index in [0.29, 0.717) is 23.1 Å². The average molecular weight is 548 g/mol. The lowest BCUT2D eigenvalue weighted by Crippen LogP contribution is -2.39. The molecule has 0 saturated heterocycles. The molecule has 194 valence electrons. The molecule has 0 atom stereocenters. The van der Waals surface area contributed by atoms with Crippen LogP contribution in [-0.4, -0.2) is 27.1 Å². The average Bonchev–Trinajstić information content (AvgIpc) is 2.92. The van der Waals surface area contributed by atoms with E-state index in [-0.39, 0.29) is 4.90 Å². The Hall–Kier alpha value is -4.14. The van der Waals surface area contributed by atoms with Gasteiger partial charge in [-0.15, -0.1) is 0 Å². The zero-order valence-corrected chi connectivity index (χ0v) is 22.2. The Morgan fingerprint density at radius 3 is 2.34 bits per heavy atom. The number of halogens is 1. The number of carbonyl (C=O) groups excluding carboxylic acids is 1. The Morgan fingerprint density at radius 2 is 1.66 bits per heavy atom. The van der Waals surface area contributed by atoms with Crippen molar-refractivity contribution in [2.75, 3.05) is 10.8 Å². The van der Waals surface area contributed by atoms with E-state index in [0.717, 1.165) is 21.0 Å². The third-order valence-electron chi connectivity index (χ3n) is 5.52. The molecule has 0 unspecified atom stereocenters. The molecule has 0 bridgehead atoms. The number of hydrogen-bond acceptors (Lipinski definition) is 5. The summed E-state index contributed by atoms with van der Waals surface area (Å²) < 4.78 is 33.5. The van der Waals surface area contributed by atoms with Crippen LogP contribution in [0.2, 0.25) is 5.02 Å². The molecular weight excluding hydrogens is 522 g/mol. The fourth-order valence-electron chi connectivity index (χ4n) is 3.53. The van der Waals surface area contributed by atoms with Crippen molar-refractivity contribution in [2.45, 2.75) is 18.4 Å². The number of nitrogens with zero attached hydrogens (tertiary/aromatic N) is 2. The molecule has 0 heterocycles. The monoisotopic (exact) mass is 547 g/mol. The van der Waals surface area contributed by atoms with Gasteiger partial charge in [0.2, 0.25) is 0 Å². The zero-order valence-electron chi connectivity index (χ0n) is 20.6. The second kappa shape index (κ2) is 12.4. The van der Waals surface area contributed by atoms with Crippen LogP contribution < -0.4 is 14.5 Å². The predicted molar refractivity (Wildman–Crippen MR) is 150 cm³/mol. The van der Waals surface area contributed by atoms with Gasteiger partial charge >= 0.3 is 0 Å². The van der Waals surface area contributed by atoms with Gasteiger partial charge in [-0.1, -0.05) is 59.6 Å². The van der Waals surface area contributed by atoms with Gasteiger partial charge in [-0.05, 0) is 78.7 Å². The van der Waals surface area contributed by atoms with Crippen molar-refractivity contribution in [3.63, 3.8) is 0 Å². The topological polar surface area (TPSA) is 88.1 Å². The van der Waals surface area contributed by atoms with E-state index in [4.69, 9.17) is 16.3 Å². The smallest absolute Gasteiger partial charge is 0.264 e. The van der Waals surface area contributed by atoms with Gasteiger partial charge in [-0.3, -0.25) is 9.10 Å². The predicted octanol–water partition coefficient (Wildman–Crippen LogP) is 5.57. The van der Waals surface area contributed by atoms with Crippen LogP contribution in [0, 0.1) is 6.92 Å². The van der Waals surface area contributed by atoms with Crippen molar-refractivity contribution >= 4 is 39.4 Å². The lowest BCUT2D eigenvalue weighted by atomic mass is 10.2. The Kier molecular flexibility index (Phi) is 8.78. The SMILES string of the molecule is Cc1ccc(N(CC(=O)N/N=C\c2ccc(OCc3cccc(Cl)c3)cc2)S(=O)(=O)c2ccccc2)cc1. The number of hydrazone groups is 1. The highest BCUT2D eigenvalue weighted by Gasteiger charge is 2.27. The van der Waals surface area contributed by atoms with E-state index in [9.17, 15) is 13.2 Å². The lowest BCUT2D eigenvalue weighted by molar-refractivity contribution is -0.119. The number of aryl methyl sites for hydroxylation is 1. The summed E-state index contributed by atoms with van der Waals surface area (Å²) in [5.41, 5.74) is 5.46. The molecule has 0 aliphatic carbocycles. The third-order valence-corrected chi connectivity index (χ3v) is 7.54. The second-order valence-corrected chi connectivity index (χ2v) is 10.7. The third kappa shape index (κ3) is 7.21. The summed E-state index contributed by atoms with van der Waals surface area (Å²) in [6, 6.07) is 29.5. The summed E-state index contributed by atoms with van der Waals surface area (Å²) in [7, 11) is -3.97. The quantitative estimate of drug-likeness (QED) is 0.207. The molecule has 0 fully saturated rings. The number of sulfonamides is 1. The number of ether oxygens (including phenoxy) is 1. The number of rotatable bonds is 10. The minimum absolute atomic E-state index is 0.0922. The van der Waals surface area contributed by atoms with Crippen LogP contribution in [0.3, 0.4) is 0 Å². The van der Waals surface area contributed by atoms with Crippen molar-refractivity contribution in [3.05, 3.63) is 125 Å². The molecule has 0 spiro atoms. The molecule has 1 N–H and O–H groups in total. The van der Waals surface area contributed by atoms with Gasteiger partial charge < -0.3 is 4.74 Å². The van der Waals surface area contributed by atoms with Crippen molar-refractivity contribution in [3.8, 4) is 5.75 Å². The Balaban J connectivity index is 1.39. The van der Waals surface area contributed by atoms with Crippen LogP contribution in [0.25, 0.3) is 0 Å². The first-order valence-corrected chi connectivity index (χ1v) is 13.6. The highest BCUT2D eigenvalue weighted by Crippen LogP contribution is 2.24. The molecule has 0 aliphatic rings. The molecule has 1 amide bonds. The maximum absolute atomic E-state index is 13.3. The largest absolute Gasteiger partial charge is 0.489 e.